The van der Waals surface area contributed by atoms with Crippen LogP contribution in [-0.2, 0) is 4.79 Å². The zero-order valence-electron chi connectivity index (χ0n) is 7.39. The molecule has 0 saturated heterocycles. The van der Waals surface area contributed by atoms with Gasteiger partial charge in [-0.1, -0.05) is 34.8 Å². The second kappa shape index (κ2) is 5.35. The Morgan fingerprint density at radius 2 is 2.00 bits per heavy atom. The van der Waals surface area contributed by atoms with Crippen molar-refractivity contribution in [3.8, 4) is 0 Å². The van der Waals surface area contributed by atoms with E-state index in [-0.39, 0.29) is 22.2 Å². The van der Waals surface area contributed by atoms with Crippen LogP contribution in [-0.4, -0.2) is 18.7 Å². The van der Waals surface area contributed by atoms with Crippen molar-refractivity contribution >= 4 is 47.0 Å². The molecule has 1 rings (SSSR count). The number of carbonyl (C=O) groups excluding carboxylic acids is 2. The van der Waals surface area contributed by atoms with E-state index in [9.17, 15) is 9.59 Å². The molecule has 0 spiro atoms. The SMILES string of the molecule is O=CCNC(=O)c1cc(Cl)cc(Cl)c1Cl. The Bertz CT molecular complexity index is 407. The predicted octanol–water partition coefficient (Wildman–Crippen LogP) is 2.58. The Morgan fingerprint density at radius 1 is 1.33 bits per heavy atom. The first-order chi connectivity index (χ1) is 7.06. The van der Waals surface area contributed by atoms with Crippen LogP contribution in [0.15, 0.2) is 12.1 Å². The van der Waals surface area contributed by atoms with Gasteiger partial charge in [-0.15, -0.1) is 0 Å². The Morgan fingerprint density at radius 3 is 2.60 bits per heavy atom. The van der Waals surface area contributed by atoms with E-state index in [0.717, 1.165) is 0 Å². The first-order valence-corrected chi connectivity index (χ1v) is 5.06. The van der Waals surface area contributed by atoms with E-state index in [1.54, 1.807) is 0 Å². The van der Waals surface area contributed by atoms with Gasteiger partial charge in [0.25, 0.3) is 5.91 Å². The van der Waals surface area contributed by atoms with Gasteiger partial charge in [0.2, 0.25) is 0 Å². The molecule has 15 heavy (non-hydrogen) atoms. The first kappa shape index (κ1) is 12.3. The van der Waals surface area contributed by atoms with E-state index in [1.165, 1.54) is 12.1 Å². The van der Waals surface area contributed by atoms with E-state index in [2.05, 4.69) is 5.32 Å². The minimum atomic E-state index is -0.489. The highest BCUT2D eigenvalue weighted by Gasteiger charge is 2.13. The monoisotopic (exact) mass is 265 g/mol. The summed E-state index contributed by atoms with van der Waals surface area (Å²) in [6.45, 7) is -0.0840. The van der Waals surface area contributed by atoms with Crippen molar-refractivity contribution in [3.05, 3.63) is 32.8 Å². The fraction of sp³-hybridized carbons (Fsp3) is 0.111. The normalized spacial score (nSPS) is 9.80. The summed E-state index contributed by atoms with van der Waals surface area (Å²) in [5.41, 5.74) is 0.149. The maximum Gasteiger partial charge on any atom is 0.253 e. The zero-order chi connectivity index (χ0) is 11.4. The summed E-state index contributed by atoms with van der Waals surface area (Å²) in [7, 11) is 0. The molecule has 80 valence electrons. The van der Waals surface area contributed by atoms with Crippen LogP contribution >= 0.6 is 34.8 Å². The molecule has 6 heteroatoms. The van der Waals surface area contributed by atoms with Gasteiger partial charge in [-0.05, 0) is 12.1 Å². The molecule has 0 bridgehead atoms. The quantitative estimate of drug-likeness (QED) is 0.675. The van der Waals surface area contributed by atoms with E-state index >= 15 is 0 Å². The largest absolute Gasteiger partial charge is 0.345 e. The van der Waals surface area contributed by atoms with E-state index in [0.29, 0.717) is 11.3 Å². The van der Waals surface area contributed by atoms with Crippen molar-refractivity contribution in [2.24, 2.45) is 0 Å². The summed E-state index contributed by atoms with van der Waals surface area (Å²) in [5, 5.41) is 2.95. The van der Waals surface area contributed by atoms with Gasteiger partial charge < -0.3 is 10.1 Å². The fourth-order valence-corrected chi connectivity index (χ4v) is 1.64. The van der Waals surface area contributed by atoms with Gasteiger partial charge in [0.15, 0.2) is 0 Å². The Kier molecular flexibility index (Phi) is 4.39. The summed E-state index contributed by atoms with van der Waals surface area (Å²) < 4.78 is 0. The Balaban J connectivity index is 3.02. The summed E-state index contributed by atoms with van der Waals surface area (Å²) in [6, 6.07) is 2.82. The molecule has 0 aliphatic carbocycles. The van der Waals surface area contributed by atoms with E-state index in [4.69, 9.17) is 34.8 Å². The topological polar surface area (TPSA) is 46.2 Å². The second-order valence-corrected chi connectivity index (χ2v) is 3.85. The van der Waals surface area contributed by atoms with Crippen molar-refractivity contribution in [2.75, 3.05) is 6.54 Å². The number of carbonyl (C=O) groups is 2. The Hall–Kier alpha value is -0.770. The highest BCUT2D eigenvalue weighted by molar-refractivity contribution is 6.45. The van der Waals surface area contributed by atoms with Gasteiger partial charge in [-0.25, -0.2) is 0 Å². The third-order valence-corrected chi connectivity index (χ3v) is 2.60. The standard InChI is InChI=1S/C9H6Cl3NO2/c10-5-3-6(8(12)7(11)4-5)9(15)13-1-2-14/h2-4H,1H2,(H,13,15). The zero-order valence-corrected chi connectivity index (χ0v) is 9.66. The number of halogens is 3. The molecule has 0 radical (unpaired) electrons. The van der Waals surface area contributed by atoms with Crippen LogP contribution in [0.25, 0.3) is 0 Å². The predicted molar refractivity (Wildman–Crippen MR) is 59.9 cm³/mol. The molecular formula is C9H6Cl3NO2. The van der Waals surface area contributed by atoms with Crippen LogP contribution in [0.5, 0.6) is 0 Å². The van der Waals surface area contributed by atoms with Crippen LogP contribution < -0.4 is 5.32 Å². The van der Waals surface area contributed by atoms with Crippen LogP contribution in [0.3, 0.4) is 0 Å². The molecule has 0 unspecified atom stereocenters. The summed E-state index contributed by atoms with van der Waals surface area (Å²) in [5.74, 6) is -0.489. The third-order valence-electron chi connectivity index (χ3n) is 1.58. The van der Waals surface area contributed by atoms with Gasteiger partial charge in [-0.3, -0.25) is 4.79 Å². The molecule has 0 heterocycles. The lowest BCUT2D eigenvalue weighted by molar-refractivity contribution is -0.107. The lowest BCUT2D eigenvalue weighted by atomic mass is 10.2. The minimum absolute atomic E-state index is 0.0840. The fourth-order valence-electron chi connectivity index (χ4n) is 0.951. The summed E-state index contributed by atoms with van der Waals surface area (Å²) in [6.07, 6.45) is 0.567. The van der Waals surface area contributed by atoms with Gasteiger partial charge in [0.05, 0.1) is 22.2 Å². The van der Waals surface area contributed by atoms with Crippen molar-refractivity contribution in [1.82, 2.24) is 5.32 Å². The van der Waals surface area contributed by atoms with Gasteiger partial charge in [0.1, 0.15) is 6.29 Å². The van der Waals surface area contributed by atoms with Crippen molar-refractivity contribution in [1.29, 1.82) is 0 Å². The van der Waals surface area contributed by atoms with Crippen LogP contribution in [0, 0.1) is 0 Å². The van der Waals surface area contributed by atoms with Gasteiger partial charge in [0, 0.05) is 5.02 Å². The number of amides is 1. The first-order valence-electron chi connectivity index (χ1n) is 3.92. The number of hydrogen-bond acceptors (Lipinski definition) is 2. The molecule has 3 nitrogen and oxygen atoms in total. The van der Waals surface area contributed by atoms with Gasteiger partial charge >= 0.3 is 0 Å². The van der Waals surface area contributed by atoms with Crippen LogP contribution in [0.4, 0.5) is 0 Å². The van der Waals surface area contributed by atoms with E-state index in [1.807, 2.05) is 0 Å². The maximum absolute atomic E-state index is 11.5. The lowest BCUT2D eigenvalue weighted by Crippen LogP contribution is -2.25. The molecule has 1 amide bonds. The number of aldehydes is 1. The van der Waals surface area contributed by atoms with Crippen LogP contribution in [0.1, 0.15) is 10.4 Å². The van der Waals surface area contributed by atoms with Crippen LogP contribution in [0.2, 0.25) is 15.1 Å². The number of hydrogen-bond donors (Lipinski definition) is 1. The molecule has 1 aromatic carbocycles. The molecule has 0 fully saturated rings. The molecule has 1 N–H and O–H groups in total. The second-order valence-electron chi connectivity index (χ2n) is 2.63. The number of benzene rings is 1. The summed E-state index contributed by atoms with van der Waals surface area (Å²) in [4.78, 5) is 21.5. The molecule has 1 aromatic rings. The Labute approximate surface area is 101 Å². The lowest BCUT2D eigenvalue weighted by Gasteiger charge is -2.06. The van der Waals surface area contributed by atoms with Crippen molar-refractivity contribution in [3.63, 3.8) is 0 Å². The average molecular weight is 267 g/mol. The molecular weight excluding hydrogens is 260 g/mol. The number of rotatable bonds is 3. The molecule has 0 aliphatic heterocycles. The smallest absolute Gasteiger partial charge is 0.253 e. The summed E-state index contributed by atoms with van der Waals surface area (Å²) >= 11 is 17.2. The highest BCUT2D eigenvalue weighted by atomic mass is 35.5. The molecule has 0 saturated carbocycles. The highest BCUT2D eigenvalue weighted by Crippen LogP contribution is 2.29. The number of nitrogens with one attached hydrogen (secondary N) is 1. The molecule has 0 aromatic heterocycles. The average Bonchev–Trinajstić information content (AvgIpc) is 2.19. The molecule has 0 atom stereocenters. The van der Waals surface area contributed by atoms with Crippen molar-refractivity contribution in [2.45, 2.75) is 0 Å². The molecule has 0 aliphatic rings. The van der Waals surface area contributed by atoms with E-state index < -0.39 is 5.91 Å². The minimum Gasteiger partial charge on any atom is -0.345 e. The maximum atomic E-state index is 11.5. The van der Waals surface area contributed by atoms with Gasteiger partial charge in [-0.2, -0.15) is 0 Å². The third kappa shape index (κ3) is 3.09. The van der Waals surface area contributed by atoms with Crippen molar-refractivity contribution < 1.29 is 9.59 Å².